The van der Waals surface area contributed by atoms with Gasteiger partial charge >= 0.3 is 6.18 Å². The van der Waals surface area contributed by atoms with Crippen LogP contribution in [0.3, 0.4) is 0 Å². The van der Waals surface area contributed by atoms with Crippen LogP contribution in [0.25, 0.3) is 0 Å². The van der Waals surface area contributed by atoms with Gasteiger partial charge in [0.05, 0.1) is 11.5 Å². The van der Waals surface area contributed by atoms with Crippen molar-refractivity contribution >= 4 is 11.8 Å². The molecule has 4 nitrogen and oxygen atoms in total. The van der Waals surface area contributed by atoms with Gasteiger partial charge in [-0.3, -0.25) is 9.59 Å². The molecule has 7 heteroatoms. The van der Waals surface area contributed by atoms with E-state index in [-0.39, 0.29) is 36.4 Å². The van der Waals surface area contributed by atoms with Crippen LogP contribution in [0.1, 0.15) is 44.2 Å². The van der Waals surface area contributed by atoms with Crippen molar-refractivity contribution in [2.45, 2.75) is 51.9 Å². The van der Waals surface area contributed by atoms with E-state index in [2.05, 4.69) is 0 Å². The fourth-order valence-corrected chi connectivity index (χ4v) is 3.56. The molecule has 1 atom stereocenters. The second-order valence-corrected chi connectivity index (χ2v) is 6.77. The zero-order valence-electron chi connectivity index (χ0n) is 15.3. The predicted octanol–water partition coefficient (Wildman–Crippen LogP) is 3.70. The molecule has 0 N–H and O–H groups in total. The van der Waals surface area contributed by atoms with Gasteiger partial charge in [0.25, 0.3) is 0 Å². The maximum atomic E-state index is 13.1. The molecule has 1 aromatic rings. The maximum absolute atomic E-state index is 13.1. The number of carbonyl (C=O) groups excluding carboxylic acids is 2. The molecule has 0 bridgehead atoms. The van der Waals surface area contributed by atoms with Gasteiger partial charge in [0.2, 0.25) is 11.8 Å². The second kappa shape index (κ2) is 8.10. The number of amides is 2. The smallest absolute Gasteiger partial charge is 0.341 e. The van der Waals surface area contributed by atoms with Crippen molar-refractivity contribution in [3.05, 3.63) is 35.4 Å². The van der Waals surface area contributed by atoms with Crippen molar-refractivity contribution in [3.8, 4) is 0 Å². The summed E-state index contributed by atoms with van der Waals surface area (Å²) >= 11 is 0. The molecule has 1 saturated heterocycles. The molecule has 1 aromatic carbocycles. The lowest BCUT2D eigenvalue weighted by Gasteiger charge is -2.27. The molecule has 1 unspecified atom stereocenters. The second-order valence-electron chi connectivity index (χ2n) is 6.77. The molecule has 2 amide bonds. The Balaban J connectivity index is 2.09. The number of benzene rings is 1. The Morgan fingerprint density at radius 2 is 1.88 bits per heavy atom. The SMILES string of the molecule is CCC(CC)N1CC(C(=O)N(C)Cc2ccccc2C(F)(F)F)CC1=O. The van der Waals surface area contributed by atoms with Gasteiger partial charge in [-0.05, 0) is 24.5 Å². The van der Waals surface area contributed by atoms with Crippen LogP contribution in [-0.2, 0) is 22.3 Å². The Morgan fingerprint density at radius 1 is 1.27 bits per heavy atom. The topological polar surface area (TPSA) is 40.6 Å². The van der Waals surface area contributed by atoms with Crippen LogP contribution >= 0.6 is 0 Å². The van der Waals surface area contributed by atoms with Gasteiger partial charge in [0.1, 0.15) is 0 Å². The van der Waals surface area contributed by atoms with Crippen LogP contribution < -0.4 is 0 Å². The van der Waals surface area contributed by atoms with Crippen LogP contribution in [0.4, 0.5) is 13.2 Å². The number of rotatable bonds is 6. The van der Waals surface area contributed by atoms with Crippen molar-refractivity contribution in [2.24, 2.45) is 5.92 Å². The first kappa shape index (κ1) is 20.3. The molecule has 0 saturated carbocycles. The molecule has 26 heavy (non-hydrogen) atoms. The molecule has 2 rings (SSSR count). The highest BCUT2D eigenvalue weighted by Crippen LogP contribution is 2.32. The van der Waals surface area contributed by atoms with Crippen molar-refractivity contribution in [1.29, 1.82) is 0 Å². The summed E-state index contributed by atoms with van der Waals surface area (Å²) in [4.78, 5) is 27.9. The summed E-state index contributed by atoms with van der Waals surface area (Å²) in [7, 11) is 1.49. The molecule has 144 valence electrons. The molecule has 0 spiro atoms. The summed E-state index contributed by atoms with van der Waals surface area (Å²) in [6.07, 6.45) is -2.70. The van der Waals surface area contributed by atoms with Gasteiger partial charge in [-0.15, -0.1) is 0 Å². The van der Waals surface area contributed by atoms with Gasteiger partial charge in [-0.1, -0.05) is 32.0 Å². The summed E-state index contributed by atoms with van der Waals surface area (Å²) in [5.41, 5.74) is -0.683. The standard InChI is InChI=1S/C19H25F3N2O2/c1-4-15(5-2)24-12-14(10-17(24)25)18(26)23(3)11-13-8-6-7-9-16(13)19(20,21)22/h6-9,14-15H,4-5,10-12H2,1-3H3. The van der Waals surface area contributed by atoms with E-state index in [1.807, 2.05) is 13.8 Å². The Hall–Kier alpha value is -2.05. The Morgan fingerprint density at radius 3 is 2.46 bits per heavy atom. The third kappa shape index (κ3) is 4.37. The molecule has 1 heterocycles. The summed E-state index contributed by atoms with van der Waals surface area (Å²) in [5, 5.41) is 0. The quantitative estimate of drug-likeness (QED) is 0.766. The van der Waals surface area contributed by atoms with Crippen molar-refractivity contribution in [1.82, 2.24) is 9.80 Å². The minimum Gasteiger partial charge on any atom is -0.341 e. The molecule has 1 fully saturated rings. The number of halogens is 3. The van der Waals surface area contributed by atoms with Crippen LogP contribution in [-0.4, -0.2) is 41.2 Å². The zero-order chi connectivity index (χ0) is 19.5. The minimum atomic E-state index is -4.46. The normalized spacial score (nSPS) is 17.9. The highest BCUT2D eigenvalue weighted by atomic mass is 19.4. The van der Waals surface area contributed by atoms with Gasteiger partial charge in [0, 0.05) is 32.6 Å². The fourth-order valence-electron chi connectivity index (χ4n) is 3.56. The molecular weight excluding hydrogens is 345 g/mol. The zero-order valence-corrected chi connectivity index (χ0v) is 15.3. The molecular formula is C19H25F3N2O2. The summed E-state index contributed by atoms with van der Waals surface area (Å²) < 4.78 is 39.3. The average molecular weight is 370 g/mol. The van der Waals surface area contributed by atoms with Gasteiger partial charge in [-0.25, -0.2) is 0 Å². The Labute approximate surface area is 152 Å². The van der Waals surface area contributed by atoms with E-state index in [1.165, 1.54) is 30.1 Å². The fraction of sp³-hybridized carbons (Fsp3) is 0.579. The largest absolute Gasteiger partial charge is 0.416 e. The Kier molecular flexibility index (Phi) is 6.31. The van der Waals surface area contributed by atoms with E-state index in [9.17, 15) is 22.8 Å². The first-order chi connectivity index (χ1) is 12.2. The lowest BCUT2D eigenvalue weighted by molar-refractivity contribution is -0.140. The minimum absolute atomic E-state index is 0.0528. The van der Waals surface area contributed by atoms with Gasteiger partial charge in [-0.2, -0.15) is 13.2 Å². The highest BCUT2D eigenvalue weighted by Gasteiger charge is 2.39. The van der Waals surface area contributed by atoms with E-state index >= 15 is 0 Å². The van der Waals surface area contributed by atoms with E-state index in [4.69, 9.17) is 0 Å². The Bertz CT molecular complexity index is 656. The molecule has 0 radical (unpaired) electrons. The van der Waals surface area contributed by atoms with Crippen molar-refractivity contribution in [2.75, 3.05) is 13.6 Å². The van der Waals surface area contributed by atoms with E-state index < -0.39 is 17.7 Å². The van der Waals surface area contributed by atoms with Gasteiger partial charge in [0.15, 0.2) is 0 Å². The molecule has 1 aliphatic rings. The molecule has 0 aliphatic carbocycles. The lowest BCUT2D eigenvalue weighted by Crippen LogP contribution is -2.38. The summed E-state index contributed by atoms with van der Waals surface area (Å²) in [6.45, 7) is 4.20. The number of hydrogen-bond acceptors (Lipinski definition) is 2. The van der Waals surface area contributed by atoms with Crippen LogP contribution in [0, 0.1) is 5.92 Å². The molecule has 1 aliphatic heterocycles. The first-order valence-corrected chi connectivity index (χ1v) is 8.88. The highest BCUT2D eigenvalue weighted by molar-refractivity contribution is 5.89. The van der Waals surface area contributed by atoms with Crippen LogP contribution in [0.5, 0.6) is 0 Å². The average Bonchev–Trinajstić information content (AvgIpc) is 2.96. The number of carbonyl (C=O) groups is 2. The third-order valence-corrected chi connectivity index (χ3v) is 5.00. The number of hydrogen-bond donors (Lipinski definition) is 0. The van der Waals surface area contributed by atoms with Crippen molar-refractivity contribution < 1.29 is 22.8 Å². The van der Waals surface area contributed by atoms with Crippen molar-refractivity contribution in [3.63, 3.8) is 0 Å². The first-order valence-electron chi connectivity index (χ1n) is 8.88. The third-order valence-electron chi connectivity index (χ3n) is 5.00. The van der Waals surface area contributed by atoms with E-state index in [0.29, 0.717) is 6.54 Å². The van der Waals surface area contributed by atoms with Crippen LogP contribution in [0.2, 0.25) is 0 Å². The van der Waals surface area contributed by atoms with Gasteiger partial charge < -0.3 is 9.80 Å². The molecule has 0 aromatic heterocycles. The summed E-state index contributed by atoms with van der Waals surface area (Å²) in [5.74, 6) is -0.837. The number of likely N-dealkylation sites (tertiary alicyclic amines) is 1. The summed E-state index contributed by atoms with van der Waals surface area (Å²) in [6, 6.07) is 5.36. The van der Waals surface area contributed by atoms with E-state index in [0.717, 1.165) is 18.9 Å². The number of alkyl halides is 3. The van der Waals surface area contributed by atoms with E-state index in [1.54, 1.807) is 4.90 Å². The number of nitrogens with zero attached hydrogens (tertiary/aromatic N) is 2. The maximum Gasteiger partial charge on any atom is 0.416 e. The predicted molar refractivity (Wildman–Crippen MR) is 92.1 cm³/mol. The monoisotopic (exact) mass is 370 g/mol. The lowest BCUT2D eigenvalue weighted by atomic mass is 10.0. The van der Waals surface area contributed by atoms with Crippen LogP contribution in [0.15, 0.2) is 24.3 Å².